The molecule has 130 valence electrons. The molecule has 0 bridgehead atoms. The minimum Gasteiger partial charge on any atom is -0.481 e. The summed E-state index contributed by atoms with van der Waals surface area (Å²) in [4.78, 5) is 36.6. The van der Waals surface area contributed by atoms with Crippen LogP contribution in [0, 0.1) is 11.8 Å². The number of nitrogens with zero attached hydrogens (tertiary/aromatic N) is 1. The Bertz CT molecular complexity index is 650. The fourth-order valence-electron chi connectivity index (χ4n) is 2.34. The summed E-state index contributed by atoms with van der Waals surface area (Å²) >= 11 is 0. The summed E-state index contributed by atoms with van der Waals surface area (Å²) in [7, 11) is 1.74. The molecule has 1 aromatic rings. The molecule has 7 nitrogen and oxygen atoms in total. The molecule has 2 N–H and O–H groups in total. The van der Waals surface area contributed by atoms with E-state index in [9.17, 15) is 14.4 Å². The lowest BCUT2D eigenvalue weighted by Gasteiger charge is -2.37. The predicted octanol–water partition coefficient (Wildman–Crippen LogP) is 1.58. The van der Waals surface area contributed by atoms with Gasteiger partial charge in [0.05, 0.1) is 11.8 Å². The molecule has 0 saturated carbocycles. The zero-order valence-electron chi connectivity index (χ0n) is 14.0. The fraction of sp³-hybridized carbons (Fsp3) is 0.471. The maximum atomic E-state index is 12.6. The Labute approximate surface area is 140 Å². The first kappa shape index (κ1) is 17.8. The van der Waals surface area contributed by atoms with Crippen LogP contribution in [-0.2, 0) is 20.9 Å². The Morgan fingerprint density at radius 2 is 2.00 bits per heavy atom. The highest BCUT2D eigenvalue weighted by Crippen LogP contribution is 2.24. The number of carbonyl (C=O) groups excluding carboxylic acids is 2. The lowest BCUT2D eigenvalue weighted by molar-refractivity contribution is -0.149. The van der Waals surface area contributed by atoms with Crippen molar-refractivity contribution in [2.75, 3.05) is 25.5 Å². The van der Waals surface area contributed by atoms with E-state index in [1.54, 1.807) is 39.1 Å². The van der Waals surface area contributed by atoms with Crippen LogP contribution in [0.3, 0.4) is 0 Å². The molecule has 1 amide bonds. The number of hydrogen-bond donors (Lipinski definition) is 2. The molecule has 1 aliphatic heterocycles. The Balaban J connectivity index is 2.15. The van der Waals surface area contributed by atoms with Crippen LogP contribution < -0.4 is 5.32 Å². The van der Waals surface area contributed by atoms with Crippen LogP contribution in [0.5, 0.6) is 0 Å². The first-order valence-electron chi connectivity index (χ1n) is 7.82. The number of rotatable bonds is 6. The second-order valence-electron chi connectivity index (χ2n) is 6.13. The molecule has 0 radical (unpaired) electrons. The normalized spacial score (nSPS) is 14.2. The van der Waals surface area contributed by atoms with Crippen molar-refractivity contribution in [2.24, 2.45) is 11.8 Å². The van der Waals surface area contributed by atoms with E-state index in [1.165, 1.54) is 4.90 Å². The molecule has 1 saturated heterocycles. The van der Waals surface area contributed by atoms with Gasteiger partial charge in [0.2, 0.25) is 0 Å². The number of likely N-dealkylation sites (tertiary alicyclic amines) is 1. The topological polar surface area (TPSA) is 95.9 Å². The van der Waals surface area contributed by atoms with Crippen molar-refractivity contribution in [1.29, 1.82) is 0 Å². The maximum absolute atomic E-state index is 12.6. The van der Waals surface area contributed by atoms with E-state index in [-0.39, 0.29) is 37.5 Å². The van der Waals surface area contributed by atoms with Gasteiger partial charge in [-0.1, -0.05) is 19.9 Å². The summed E-state index contributed by atoms with van der Waals surface area (Å²) in [5.41, 5.74) is 1.78. The molecule has 0 aromatic heterocycles. The number of carboxylic acid groups (broad SMARTS) is 1. The van der Waals surface area contributed by atoms with Gasteiger partial charge >= 0.3 is 11.9 Å². The van der Waals surface area contributed by atoms with Crippen molar-refractivity contribution in [2.45, 2.75) is 20.5 Å². The number of carbonyl (C=O) groups is 3. The van der Waals surface area contributed by atoms with Gasteiger partial charge in [-0.25, -0.2) is 0 Å². The van der Waals surface area contributed by atoms with Crippen LogP contribution in [-0.4, -0.2) is 48.0 Å². The Hall–Kier alpha value is -2.57. The van der Waals surface area contributed by atoms with Gasteiger partial charge in [0.25, 0.3) is 5.91 Å². The zero-order valence-corrected chi connectivity index (χ0v) is 14.0. The second kappa shape index (κ2) is 7.33. The number of anilines is 1. The molecule has 24 heavy (non-hydrogen) atoms. The van der Waals surface area contributed by atoms with Gasteiger partial charge in [-0.15, -0.1) is 0 Å². The smallest absolute Gasteiger partial charge is 0.310 e. The molecule has 0 atom stereocenters. The Morgan fingerprint density at radius 3 is 2.54 bits per heavy atom. The third-order valence-electron chi connectivity index (χ3n) is 3.99. The van der Waals surface area contributed by atoms with E-state index in [0.29, 0.717) is 11.1 Å². The molecule has 0 aliphatic carbocycles. The molecule has 7 heteroatoms. The number of benzene rings is 1. The zero-order chi connectivity index (χ0) is 17.9. The molecule has 0 spiro atoms. The molecule has 1 fully saturated rings. The second-order valence-corrected chi connectivity index (χ2v) is 6.13. The van der Waals surface area contributed by atoms with E-state index in [1.807, 2.05) is 0 Å². The summed E-state index contributed by atoms with van der Waals surface area (Å²) < 4.78 is 5.22. The van der Waals surface area contributed by atoms with Gasteiger partial charge < -0.3 is 20.1 Å². The van der Waals surface area contributed by atoms with Crippen LogP contribution >= 0.6 is 0 Å². The molecule has 1 heterocycles. The van der Waals surface area contributed by atoms with Crippen LogP contribution in [0.2, 0.25) is 0 Å². The minimum absolute atomic E-state index is 0.0122. The number of carboxylic acids is 1. The van der Waals surface area contributed by atoms with Crippen LogP contribution in [0.15, 0.2) is 18.2 Å². The largest absolute Gasteiger partial charge is 0.481 e. The monoisotopic (exact) mass is 334 g/mol. The van der Waals surface area contributed by atoms with Gasteiger partial charge in [0, 0.05) is 37.0 Å². The highest BCUT2D eigenvalue weighted by Gasteiger charge is 2.36. The lowest BCUT2D eigenvalue weighted by atomic mass is 9.97. The number of aliphatic carboxylic acids is 1. The van der Waals surface area contributed by atoms with E-state index in [2.05, 4.69) is 5.32 Å². The number of hydrogen-bond acceptors (Lipinski definition) is 5. The Kier molecular flexibility index (Phi) is 5.43. The highest BCUT2D eigenvalue weighted by molar-refractivity contribution is 5.98. The summed E-state index contributed by atoms with van der Waals surface area (Å²) in [5.74, 6) is -2.23. The Morgan fingerprint density at radius 1 is 1.33 bits per heavy atom. The molecular weight excluding hydrogens is 312 g/mol. The summed E-state index contributed by atoms with van der Waals surface area (Å²) in [6.45, 7) is 3.89. The van der Waals surface area contributed by atoms with Gasteiger partial charge in [-0.05, 0) is 12.1 Å². The van der Waals surface area contributed by atoms with Crippen LogP contribution in [0.1, 0.15) is 29.8 Å². The van der Waals surface area contributed by atoms with Gasteiger partial charge in [-0.2, -0.15) is 0 Å². The third kappa shape index (κ3) is 3.84. The van der Waals surface area contributed by atoms with E-state index in [0.717, 1.165) is 5.69 Å². The van der Waals surface area contributed by atoms with Gasteiger partial charge in [0.1, 0.15) is 6.61 Å². The predicted molar refractivity (Wildman–Crippen MR) is 87.7 cm³/mol. The molecule has 1 aromatic carbocycles. The number of nitrogens with one attached hydrogen (secondary N) is 1. The number of amides is 1. The lowest BCUT2D eigenvalue weighted by Crippen LogP contribution is -2.53. The van der Waals surface area contributed by atoms with Crippen LogP contribution in [0.25, 0.3) is 0 Å². The van der Waals surface area contributed by atoms with Crippen molar-refractivity contribution < 1.29 is 24.2 Å². The highest BCUT2D eigenvalue weighted by atomic mass is 16.5. The summed E-state index contributed by atoms with van der Waals surface area (Å²) in [5, 5.41) is 11.9. The summed E-state index contributed by atoms with van der Waals surface area (Å²) in [6.07, 6.45) is 0. The van der Waals surface area contributed by atoms with Crippen LogP contribution in [0.4, 0.5) is 5.69 Å². The quantitative estimate of drug-likeness (QED) is 0.767. The van der Waals surface area contributed by atoms with Crippen molar-refractivity contribution in [1.82, 2.24) is 4.90 Å². The standard InChI is InChI=1S/C17H22N2O5/c1-10(2)17(23)24-9-11-4-5-13(18-3)6-14(11)15(20)19-7-12(8-19)16(21)22/h4-6,10,12,18H,7-9H2,1-3H3,(H,21,22). The first-order chi connectivity index (χ1) is 11.3. The van der Waals surface area contributed by atoms with E-state index >= 15 is 0 Å². The SMILES string of the molecule is CNc1ccc(COC(=O)C(C)C)c(C(=O)N2CC(C(=O)O)C2)c1. The van der Waals surface area contributed by atoms with Gasteiger partial charge in [0.15, 0.2) is 0 Å². The molecular formula is C17H22N2O5. The molecule has 0 unspecified atom stereocenters. The molecule has 1 aliphatic rings. The van der Waals surface area contributed by atoms with Gasteiger partial charge in [-0.3, -0.25) is 14.4 Å². The molecule has 2 rings (SSSR count). The fourth-order valence-corrected chi connectivity index (χ4v) is 2.34. The van der Waals surface area contributed by atoms with Crippen molar-refractivity contribution in [3.8, 4) is 0 Å². The van der Waals surface area contributed by atoms with Crippen molar-refractivity contribution in [3.05, 3.63) is 29.3 Å². The summed E-state index contributed by atoms with van der Waals surface area (Å²) in [6, 6.07) is 5.22. The first-order valence-corrected chi connectivity index (χ1v) is 7.82. The van der Waals surface area contributed by atoms with Crippen molar-refractivity contribution >= 4 is 23.5 Å². The average Bonchev–Trinajstić information content (AvgIpc) is 2.50. The number of esters is 1. The van der Waals surface area contributed by atoms with E-state index < -0.39 is 11.9 Å². The maximum Gasteiger partial charge on any atom is 0.310 e. The van der Waals surface area contributed by atoms with Crippen molar-refractivity contribution in [3.63, 3.8) is 0 Å². The third-order valence-corrected chi connectivity index (χ3v) is 3.99. The average molecular weight is 334 g/mol. The van der Waals surface area contributed by atoms with E-state index in [4.69, 9.17) is 9.84 Å². The minimum atomic E-state index is -0.894. The number of ether oxygens (including phenoxy) is 1.